The Kier molecular flexibility index (Phi) is 3.95. The van der Waals surface area contributed by atoms with Gasteiger partial charge in [0, 0.05) is 18.1 Å². The average molecular weight is 311 g/mol. The first-order valence-corrected chi connectivity index (χ1v) is 7.09. The van der Waals surface area contributed by atoms with Crippen molar-refractivity contribution in [3.05, 3.63) is 22.7 Å². The molecule has 3 nitrogen and oxygen atoms in total. The van der Waals surface area contributed by atoms with Crippen LogP contribution in [0.3, 0.4) is 0 Å². The number of halogens is 1. The standard InChI is InChI=1S/C14H19BrN2O/c1-10(2)6-7-17-9-14(18)16(3)13-8-11(15)4-5-12(13)17/h4-5,8,10H,6-7,9H2,1-3H3. The lowest BCUT2D eigenvalue weighted by molar-refractivity contribution is -0.117. The van der Waals surface area contributed by atoms with Gasteiger partial charge in [0.25, 0.3) is 0 Å². The number of fused-ring (bicyclic) bond motifs is 1. The number of hydrogen-bond acceptors (Lipinski definition) is 2. The molecule has 0 aliphatic carbocycles. The first kappa shape index (κ1) is 13.4. The van der Waals surface area contributed by atoms with Crippen molar-refractivity contribution in [1.82, 2.24) is 0 Å². The Morgan fingerprint density at radius 1 is 1.33 bits per heavy atom. The molecule has 0 spiro atoms. The van der Waals surface area contributed by atoms with Crippen LogP contribution in [0.15, 0.2) is 22.7 Å². The van der Waals surface area contributed by atoms with Crippen LogP contribution in [0.1, 0.15) is 20.3 Å². The van der Waals surface area contributed by atoms with E-state index < -0.39 is 0 Å². The molecular weight excluding hydrogens is 292 g/mol. The number of rotatable bonds is 3. The second-order valence-corrected chi connectivity index (χ2v) is 6.11. The van der Waals surface area contributed by atoms with Crippen LogP contribution in [0.4, 0.5) is 11.4 Å². The summed E-state index contributed by atoms with van der Waals surface area (Å²) in [4.78, 5) is 15.9. The Morgan fingerprint density at radius 2 is 2.06 bits per heavy atom. The molecule has 1 aromatic rings. The molecule has 1 heterocycles. The number of carbonyl (C=O) groups is 1. The van der Waals surface area contributed by atoms with E-state index in [1.165, 1.54) is 0 Å². The number of nitrogens with zero attached hydrogens (tertiary/aromatic N) is 2. The van der Waals surface area contributed by atoms with Gasteiger partial charge in [-0.15, -0.1) is 0 Å². The van der Waals surface area contributed by atoms with Crippen molar-refractivity contribution in [2.75, 3.05) is 29.9 Å². The van der Waals surface area contributed by atoms with Crippen LogP contribution in [0.5, 0.6) is 0 Å². The Hall–Kier alpha value is -1.03. The third-order valence-electron chi connectivity index (χ3n) is 3.32. The van der Waals surface area contributed by atoms with E-state index in [2.05, 4.69) is 40.7 Å². The zero-order chi connectivity index (χ0) is 13.3. The van der Waals surface area contributed by atoms with Crippen molar-refractivity contribution in [3.8, 4) is 0 Å². The molecule has 0 N–H and O–H groups in total. The molecule has 0 aromatic heterocycles. The van der Waals surface area contributed by atoms with Crippen molar-refractivity contribution < 1.29 is 4.79 Å². The van der Waals surface area contributed by atoms with Crippen molar-refractivity contribution >= 4 is 33.2 Å². The summed E-state index contributed by atoms with van der Waals surface area (Å²) in [5.41, 5.74) is 2.14. The third kappa shape index (κ3) is 2.69. The van der Waals surface area contributed by atoms with Crippen LogP contribution in [0.25, 0.3) is 0 Å². The molecule has 0 saturated carbocycles. The second-order valence-electron chi connectivity index (χ2n) is 5.19. The molecular formula is C14H19BrN2O. The quantitative estimate of drug-likeness (QED) is 0.855. The first-order chi connectivity index (χ1) is 8.49. The zero-order valence-electron chi connectivity index (χ0n) is 11.1. The van der Waals surface area contributed by atoms with Crippen LogP contribution >= 0.6 is 15.9 Å². The maximum absolute atomic E-state index is 12.0. The highest BCUT2D eigenvalue weighted by molar-refractivity contribution is 9.10. The van der Waals surface area contributed by atoms with E-state index in [9.17, 15) is 4.79 Å². The lowest BCUT2D eigenvalue weighted by atomic mass is 10.1. The van der Waals surface area contributed by atoms with Gasteiger partial charge in [0.05, 0.1) is 17.9 Å². The molecule has 0 atom stereocenters. The summed E-state index contributed by atoms with van der Waals surface area (Å²) in [6.07, 6.45) is 1.10. The number of anilines is 2. The molecule has 0 fully saturated rings. The topological polar surface area (TPSA) is 23.6 Å². The lowest BCUT2D eigenvalue weighted by Gasteiger charge is -2.36. The van der Waals surface area contributed by atoms with Gasteiger partial charge < -0.3 is 9.80 Å². The van der Waals surface area contributed by atoms with Gasteiger partial charge in [-0.2, -0.15) is 0 Å². The van der Waals surface area contributed by atoms with Crippen molar-refractivity contribution in [3.63, 3.8) is 0 Å². The van der Waals surface area contributed by atoms with Crippen LogP contribution in [0, 0.1) is 5.92 Å². The lowest BCUT2D eigenvalue weighted by Crippen LogP contribution is -2.44. The summed E-state index contributed by atoms with van der Waals surface area (Å²) in [5, 5.41) is 0. The van der Waals surface area contributed by atoms with Gasteiger partial charge in [0.15, 0.2) is 0 Å². The SMILES string of the molecule is CC(C)CCN1CC(=O)N(C)c2cc(Br)ccc21. The summed E-state index contributed by atoms with van der Waals surface area (Å²) in [5.74, 6) is 0.808. The van der Waals surface area contributed by atoms with E-state index >= 15 is 0 Å². The molecule has 1 amide bonds. The predicted molar refractivity (Wildman–Crippen MR) is 79.2 cm³/mol. The minimum atomic E-state index is 0.157. The fourth-order valence-corrected chi connectivity index (χ4v) is 2.48. The van der Waals surface area contributed by atoms with E-state index in [0.29, 0.717) is 12.5 Å². The molecule has 1 aliphatic heterocycles. The smallest absolute Gasteiger partial charge is 0.246 e. The van der Waals surface area contributed by atoms with Gasteiger partial charge in [-0.3, -0.25) is 4.79 Å². The number of hydrogen-bond donors (Lipinski definition) is 0. The number of likely N-dealkylation sites (N-methyl/N-ethyl adjacent to an activating group) is 1. The predicted octanol–water partition coefficient (Wildman–Crippen LogP) is 3.28. The molecule has 2 rings (SSSR count). The highest BCUT2D eigenvalue weighted by Crippen LogP contribution is 2.35. The highest BCUT2D eigenvalue weighted by atomic mass is 79.9. The van der Waals surface area contributed by atoms with E-state index in [-0.39, 0.29) is 5.91 Å². The first-order valence-electron chi connectivity index (χ1n) is 6.30. The molecule has 1 aromatic carbocycles. The second kappa shape index (κ2) is 5.31. The Morgan fingerprint density at radius 3 is 2.72 bits per heavy atom. The molecule has 0 unspecified atom stereocenters. The number of benzene rings is 1. The Bertz CT molecular complexity index is 459. The van der Waals surface area contributed by atoms with E-state index in [0.717, 1.165) is 28.8 Å². The fourth-order valence-electron chi connectivity index (χ4n) is 2.14. The zero-order valence-corrected chi connectivity index (χ0v) is 12.7. The van der Waals surface area contributed by atoms with Crippen LogP contribution in [-0.2, 0) is 4.79 Å². The largest absolute Gasteiger partial charge is 0.361 e. The minimum absolute atomic E-state index is 0.157. The minimum Gasteiger partial charge on any atom is -0.361 e. The van der Waals surface area contributed by atoms with Crippen LogP contribution in [-0.4, -0.2) is 26.0 Å². The van der Waals surface area contributed by atoms with Gasteiger partial charge in [0.1, 0.15) is 0 Å². The fraction of sp³-hybridized carbons (Fsp3) is 0.500. The van der Waals surface area contributed by atoms with Crippen LogP contribution in [0.2, 0.25) is 0 Å². The molecule has 98 valence electrons. The monoisotopic (exact) mass is 310 g/mol. The summed E-state index contributed by atoms with van der Waals surface area (Å²) in [6.45, 7) is 5.84. The molecule has 4 heteroatoms. The molecule has 0 saturated heterocycles. The molecule has 1 aliphatic rings. The van der Waals surface area contributed by atoms with Crippen molar-refractivity contribution in [2.45, 2.75) is 20.3 Å². The number of carbonyl (C=O) groups excluding carboxylic acids is 1. The van der Waals surface area contributed by atoms with E-state index in [4.69, 9.17) is 0 Å². The van der Waals surface area contributed by atoms with Gasteiger partial charge in [-0.25, -0.2) is 0 Å². The highest BCUT2D eigenvalue weighted by Gasteiger charge is 2.26. The van der Waals surface area contributed by atoms with Crippen molar-refractivity contribution in [2.24, 2.45) is 5.92 Å². The van der Waals surface area contributed by atoms with Crippen LogP contribution < -0.4 is 9.80 Å². The summed E-state index contributed by atoms with van der Waals surface area (Å²) in [6, 6.07) is 6.13. The molecule has 0 bridgehead atoms. The van der Waals surface area contributed by atoms with Gasteiger partial charge >= 0.3 is 0 Å². The normalized spacial score (nSPS) is 15.3. The summed E-state index contributed by atoms with van der Waals surface area (Å²) < 4.78 is 1.01. The van der Waals surface area contributed by atoms with Gasteiger partial charge in [-0.05, 0) is 30.5 Å². The van der Waals surface area contributed by atoms with E-state index in [1.54, 1.807) is 4.90 Å². The number of amides is 1. The molecule has 18 heavy (non-hydrogen) atoms. The maximum atomic E-state index is 12.0. The maximum Gasteiger partial charge on any atom is 0.246 e. The van der Waals surface area contributed by atoms with Crippen molar-refractivity contribution in [1.29, 1.82) is 0 Å². The molecule has 0 radical (unpaired) electrons. The Balaban J connectivity index is 2.30. The summed E-state index contributed by atoms with van der Waals surface area (Å²) in [7, 11) is 1.84. The van der Waals surface area contributed by atoms with E-state index in [1.807, 2.05) is 19.2 Å². The summed E-state index contributed by atoms with van der Waals surface area (Å²) >= 11 is 3.46. The average Bonchev–Trinajstić information content (AvgIpc) is 2.32. The van der Waals surface area contributed by atoms with Gasteiger partial charge in [0.2, 0.25) is 5.91 Å². The Labute approximate surface area is 117 Å². The third-order valence-corrected chi connectivity index (χ3v) is 3.81. The van der Waals surface area contributed by atoms with Gasteiger partial charge in [-0.1, -0.05) is 29.8 Å².